The molecule has 1 unspecified atom stereocenters. The summed E-state index contributed by atoms with van der Waals surface area (Å²) in [5.41, 5.74) is 5.56. The second kappa shape index (κ2) is 10.8. The maximum absolute atomic E-state index is 13.3. The van der Waals surface area contributed by atoms with Crippen LogP contribution in [0.25, 0.3) is 11.4 Å². The van der Waals surface area contributed by atoms with E-state index in [0.29, 0.717) is 19.5 Å². The number of nitrogens with one attached hydrogen (secondary N) is 4. The number of primary sulfonamides is 1. The van der Waals surface area contributed by atoms with E-state index < -0.39 is 51.2 Å². The van der Waals surface area contributed by atoms with Crippen molar-refractivity contribution in [1.29, 1.82) is 0 Å². The summed E-state index contributed by atoms with van der Waals surface area (Å²) in [4.78, 5) is 0.554. The molecule has 0 radical (unpaired) electrons. The minimum absolute atomic E-state index is 0.128. The third-order valence-electron chi connectivity index (χ3n) is 6.29. The predicted molar refractivity (Wildman–Crippen MR) is 134 cm³/mol. The number of H-pyrrole nitrogens is 1. The molecule has 2 aliphatic heterocycles. The molecule has 0 amide bonds. The van der Waals surface area contributed by atoms with Gasteiger partial charge < -0.3 is 16.0 Å². The Kier molecular flexibility index (Phi) is 8.14. The third kappa shape index (κ3) is 6.08. The van der Waals surface area contributed by atoms with Gasteiger partial charge >= 0.3 is 0 Å². The van der Waals surface area contributed by atoms with Crippen molar-refractivity contribution < 1.29 is 25.3 Å². The molecule has 37 heavy (non-hydrogen) atoms. The van der Waals surface area contributed by atoms with Crippen molar-refractivity contribution in [2.24, 2.45) is 10.9 Å². The monoisotopic (exact) mass is 578 g/mol. The molecule has 1 aromatic heterocycles. The van der Waals surface area contributed by atoms with Crippen molar-refractivity contribution in [3.05, 3.63) is 12.1 Å². The van der Waals surface area contributed by atoms with Gasteiger partial charge in [-0.15, -0.1) is 10.2 Å². The number of nitrogens with two attached hydrogens (primary N) is 2. The van der Waals surface area contributed by atoms with Gasteiger partial charge in [0, 0.05) is 44.5 Å². The van der Waals surface area contributed by atoms with Gasteiger partial charge in [-0.1, -0.05) is 0 Å². The standard InChI is InChI=1S/C18H30N10O6S3/c19-6-8-22-36(31,32)13-4-9-28(10-5-13)14-1-2-15(37(33,34)25-12-3-7-21-11-12)17(35(20,29)30)16(14)18-23-26-27-24-18/h1-2,12-13,21-22,25H,3-11,19H2,(H2,20,29,30)(H,23,24,26,27). The first kappa shape index (κ1) is 27.8. The number of piperidine rings is 1. The van der Waals surface area contributed by atoms with Crippen LogP contribution in [0, 0.1) is 0 Å². The number of hydrogen-bond acceptors (Lipinski definition) is 12. The molecular formula is C18H30N10O6S3. The van der Waals surface area contributed by atoms with Crippen molar-refractivity contribution in [3.8, 4) is 11.4 Å². The number of rotatable bonds is 10. The molecule has 0 aliphatic carbocycles. The predicted octanol–water partition coefficient (Wildman–Crippen LogP) is -3.00. The number of benzene rings is 1. The number of nitrogens with zero attached hydrogens (tertiary/aromatic N) is 4. The lowest BCUT2D eigenvalue weighted by Crippen LogP contribution is -2.44. The molecular weight excluding hydrogens is 548 g/mol. The summed E-state index contributed by atoms with van der Waals surface area (Å²) in [6.07, 6.45) is 1.02. The van der Waals surface area contributed by atoms with Crippen LogP contribution >= 0.6 is 0 Å². The molecule has 0 saturated carbocycles. The van der Waals surface area contributed by atoms with Gasteiger partial charge in [-0.2, -0.15) is 5.21 Å². The highest BCUT2D eigenvalue weighted by molar-refractivity contribution is 7.92. The summed E-state index contributed by atoms with van der Waals surface area (Å²) in [5.74, 6) is -0.169. The van der Waals surface area contributed by atoms with Crippen molar-refractivity contribution >= 4 is 35.8 Å². The van der Waals surface area contributed by atoms with Gasteiger partial charge in [-0.05, 0) is 43.2 Å². The van der Waals surface area contributed by atoms with E-state index in [2.05, 4.69) is 35.4 Å². The summed E-state index contributed by atoms with van der Waals surface area (Å²) in [5, 5.41) is 21.5. The fourth-order valence-electron chi connectivity index (χ4n) is 4.56. The van der Waals surface area contributed by atoms with E-state index in [1.165, 1.54) is 12.1 Å². The number of aromatic amines is 1. The Balaban J connectivity index is 1.76. The van der Waals surface area contributed by atoms with Crippen LogP contribution in [0.1, 0.15) is 19.3 Å². The van der Waals surface area contributed by atoms with E-state index in [4.69, 9.17) is 10.9 Å². The van der Waals surface area contributed by atoms with E-state index in [1.807, 2.05) is 0 Å². The molecule has 206 valence electrons. The molecule has 19 heteroatoms. The Labute approximate surface area is 215 Å². The van der Waals surface area contributed by atoms with E-state index >= 15 is 0 Å². The van der Waals surface area contributed by atoms with Crippen molar-refractivity contribution in [3.63, 3.8) is 0 Å². The Hall–Kier alpha value is -2.26. The Morgan fingerprint density at radius 1 is 1.08 bits per heavy atom. The first-order valence-corrected chi connectivity index (χ1v) is 16.1. The average molecular weight is 579 g/mol. The Bertz CT molecular complexity index is 1420. The van der Waals surface area contributed by atoms with Crippen LogP contribution in [0.2, 0.25) is 0 Å². The molecule has 1 aromatic carbocycles. The molecule has 0 spiro atoms. The van der Waals surface area contributed by atoms with E-state index in [-0.39, 0.29) is 56.1 Å². The zero-order valence-corrected chi connectivity index (χ0v) is 22.2. The van der Waals surface area contributed by atoms with Crippen LogP contribution in [0.4, 0.5) is 5.69 Å². The van der Waals surface area contributed by atoms with E-state index in [9.17, 15) is 25.3 Å². The summed E-state index contributed by atoms with van der Waals surface area (Å²) in [6.45, 7) is 1.79. The van der Waals surface area contributed by atoms with Gasteiger partial charge in [0.2, 0.25) is 35.9 Å². The maximum Gasteiger partial charge on any atom is 0.242 e. The zero-order valence-electron chi connectivity index (χ0n) is 19.8. The Morgan fingerprint density at radius 3 is 2.38 bits per heavy atom. The lowest BCUT2D eigenvalue weighted by Gasteiger charge is -2.34. The fraction of sp³-hybridized carbons (Fsp3) is 0.611. The largest absolute Gasteiger partial charge is 0.371 e. The summed E-state index contributed by atoms with van der Waals surface area (Å²) < 4.78 is 82.3. The van der Waals surface area contributed by atoms with E-state index in [1.54, 1.807) is 4.90 Å². The highest BCUT2D eigenvalue weighted by Gasteiger charge is 2.36. The lowest BCUT2D eigenvalue weighted by molar-refractivity contribution is 0.520. The first-order chi connectivity index (χ1) is 17.4. The fourth-order valence-corrected chi connectivity index (χ4v) is 8.89. The zero-order chi connectivity index (χ0) is 26.8. The smallest absolute Gasteiger partial charge is 0.242 e. The number of anilines is 1. The summed E-state index contributed by atoms with van der Waals surface area (Å²) in [6, 6.07) is 2.21. The van der Waals surface area contributed by atoms with Crippen LogP contribution in [0.3, 0.4) is 0 Å². The van der Waals surface area contributed by atoms with Gasteiger partial charge in [0.15, 0.2) is 0 Å². The van der Waals surface area contributed by atoms with Crippen LogP contribution in [-0.2, 0) is 30.1 Å². The molecule has 3 heterocycles. The summed E-state index contributed by atoms with van der Waals surface area (Å²) in [7, 11) is -12.5. The van der Waals surface area contributed by atoms with Crippen LogP contribution in [0.15, 0.2) is 21.9 Å². The molecule has 16 nitrogen and oxygen atoms in total. The molecule has 2 fully saturated rings. The van der Waals surface area contributed by atoms with Crippen LogP contribution in [0.5, 0.6) is 0 Å². The molecule has 2 saturated heterocycles. The molecule has 1 atom stereocenters. The molecule has 2 aliphatic rings. The minimum Gasteiger partial charge on any atom is -0.371 e. The number of sulfonamides is 3. The first-order valence-electron chi connectivity index (χ1n) is 11.5. The van der Waals surface area contributed by atoms with Gasteiger partial charge in [0.1, 0.15) is 9.79 Å². The highest BCUT2D eigenvalue weighted by atomic mass is 32.2. The molecule has 2 aromatic rings. The van der Waals surface area contributed by atoms with Gasteiger partial charge in [-0.25, -0.2) is 39.8 Å². The normalized spacial score (nSPS) is 19.9. The second-order valence-electron chi connectivity index (χ2n) is 8.79. The van der Waals surface area contributed by atoms with Crippen LogP contribution < -0.4 is 30.5 Å². The average Bonchev–Trinajstić information content (AvgIpc) is 3.56. The number of tetrazole rings is 1. The van der Waals surface area contributed by atoms with E-state index in [0.717, 1.165) is 0 Å². The lowest BCUT2D eigenvalue weighted by atomic mass is 10.1. The van der Waals surface area contributed by atoms with Gasteiger partial charge in [0.25, 0.3) is 0 Å². The SMILES string of the molecule is NCCNS(=O)(=O)C1CCN(c2ccc(S(=O)(=O)NC3CCNC3)c(S(N)(=O)=O)c2-c2nn[nH]n2)CC1. The second-order valence-corrected chi connectivity index (χ2v) is 14.0. The van der Waals surface area contributed by atoms with Gasteiger partial charge in [-0.3, -0.25) is 0 Å². The molecule has 8 N–H and O–H groups in total. The quantitative estimate of drug-likeness (QED) is 0.165. The van der Waals surface area contributed by atoms with Crippen molar-refractivity contribution in [1.82, 2.24) is 35.4 Å². The van der Waals surface area contributed by atoms with Crippen LogP contribution in [-0.4, -0.2) is 96.4 Å². The Morgan fingerprint density at radius 2 is 1.81 bits per heavy atom. The topological polar surface area (TPSA) is 248 Å². The maximum atomic E-state index is 13.3. The minimum atomic E-state index is -4.61. The highest BCUT2D eigenvalue weighted by Crippen LogP contribution is 2.39. The molecule has 0 bridgehead atoms. The van der Waals surface area contributed by atoms with Crippen molar-refractivity contribution in [2.75, 3.05) is 44.2 Å². The third-order valence-corrected chi connectivity index (χ3v) is 10.9. The summed E-state index contributed by atoms with van der Waals surface area (Å²) >= 11 is 0. The number of hydrogen-bond donors (Lipinski definition) is 6. The van der Waals surface area contributed by atoms with Gasteiger partial charge in [0.05, 0.1) is 10.8 Å². The van der Waals surface area contributed by atoms with Crippen molar-refractivity contribution in [2.45, 2.75) is 40.3 Å². The molecule has 4 rings (SSSR count). The number of aromatic nitrogens is 4.